The SMILES string of the molecule is COc1cc(OC)cc(C(=O)Nc2cc(C)n(C)n2)c1. The van der Waals surface area contributed by atoms with Crippen LogP contribution in [-0.2, 0) is 7.05 Å². The van der Waals surface area contributed by atoms with Crippen molar-refractivity contribution in [2.24, 2.45) is 7.05 Å². The molecule has 106 valence electrons. The number of carbonyl (C=O) groups is 1. The number of ether oxygens (including phenoxy) is 2. The van der Waals surface area contributed by atoms with Crippen LogP contribution in [0.2, 0.25) is 0 Å². The van der Waals surface area contributed by atoms with Gasteiger partial charge in [0.1, 0.15) is 11.5 Å². The van der Waals surface area contributed by atoms with Crippen molar-refractivity contribution in [2.45, 2.75) is 6.92 Å². The van der Waals surface area contributed by atoms with Gasteiger partial charge in [-0.05, 0) is 19.1 Å². The number of anilines is 1. The summed E-state index contributed by atoms with van der Waals surface area (Å²) in [6.07, 6.45) is 0. The number of rotatable bonds is 4. The van der Waals surface area contributed by atoms with Crippen molar-refractivity contribution in [1.29, 1.82) is 0 Å². The van der Waals surface area contributed by atoms with E-state index in [0.717, 1.165) is 5.69 Å². The Hall–Kier alpha value is -2.50. The third-order valence-electron chi connectivity index (χ3n) is 2.97. The number of hydrogen-bond donors (Lipinski definition) is 1. The number of amides is 1. The van der Waals surface area contributed by atoms with Gasteiger partial charge in [0.25, 0.3) is 5.91 Å². The summed E-state index contributed by atoms with van der Waals surface area (Å²) in [5.41, 5.74) is 1.41. The van der Waals surface area contributed by atoms with Crippen molar-refractivity contribution in [2.75, 3.05) is 19.5 Å². The van der Waals surface area contributed by atoms with E-state index in [2.05, 4.69) is 10.4 Å². The highest BCUT2D eigenvalue weighted by Crippen LogP contribution is 2.23. The molecule has 1 aromatic heterocycles. The summed E-state index contributed by atoms with van der Waals surface area (Å²) in [5.74, 6) is 1.37. The molecule has 0 saturated carbocycles. The fourth-order valence-electron chi connectivity index (χ4n) is 1.75. The fraction of sp³-hybridized carbons (Fsp3) is 0.286. The van der Waals surface area contributed by atoms with E-state index in [-0.39, 0.29) is 5.91 Å². The quantitative estimate of drug-likeness (QED) is 0.926. The van der Waals surface area contributed by atoms with Crippen molar-refractivity contribution in [3.05, 3.63) is 35.5 Å². The molecular formula is C14H17N3O3. The average molecular weight is 275 g/mol. The number of methoxy groups -OCH3 is 2. The van der Waals surface area contributed by atoms with Gasteiger partial charge < -0.3 is 14.8 Å². The van der Waals surface area contributed by atoms with Crippen molar-refractivity contribution in [3.63, 3.8) is 0 Å². The molecule has 0 aliphatic rings. The van der Waals surface area contributed by atoms with Gasteiger partial charge >= 0.3 is 0 Å². The minimum atomic E-state index is -0.264. The lowest BCUT2D eigenvalue weighted by Crippen LogP contribution is -2.12. The third kappa shape index (κ3) is 2.90. The van der Waals surface area contributed by atoms with E-state index in [1.54, 1.807) is 43.2 Å². The molecule has 0 radical (unpaired) electrons. The third-order valence-corrected chi connectivity index (χ3v) is 2.97. The first-order chi connectivity index (χ1) is 9.53. The molecule has 0 spiro atoms. The van der Waals surface area contributed by atoms with Crippen LogP contribution in [0, 0.1) is 6.92 Å². The summed E-state index contributed by atoms with van der Waals surface area (Å²) < 4.78 is 12.0. The molecule has 1 heterocycles. The van der Waals surface area contributed by atoms with Gasteiger partial charge in [0.2, 0.25) is 0 Å². The van der Waals surface area contributed by atoms with Crippen LogP contribution in [0.1, 0.15) is 16.1 Å². The highest BCUT2D eigenvalue weighted by molar-refractivity contribution is 6.04. The van der Waals surface area contributed by atoms with E-state index < -0.39 is 0 Å². The molecule has 0 saturated heterocycles. The maximum Gasteiger partial charge on any atom is 0.257 e. The monoisotopic (exact) mass is 275 g/mol. The van der Waals surface area contributed by atoms with Gasteiger partial charge in [0.05, 0.1) is 14.2 Å². The van der Waals surface area contributed by atoms with Crippen LogP contribution in [0.15, 0.2) is 24.3 Å². The van der Waals surface area contributed by atoms with E-state index >= 15 is 0 Å². The number of benzene rings is 1. The molecule has 0 fully saturated rings. The second-order valence-electron chi connectivity index (χ2n) is 4.35. The van der Waals surface area contributed by atoms with Gasteiger partial charge in [-0.15, -0.1) is 0 Å². The van der Waals surface area contributed by atoms with Crippen LogP contribution in [0.4, 0.5) is 5.82 Å². The standard InChI is InChI=1S/C14H17N3O3/c1-9-5-13(16-17(9)2)15-14(18)10-6-11(19-3)8-12(7-10)20-4/h5-8H,1-4H3,(H,15,16,18). The lowest BCUT2D eigenvalue weighted by atomic mass is 10.2. The van der Waals surface area contributed by atoms with Gasteiger partial charge in [-0.3, -0.25) is 9.48 Å². The molecule has 6 heteroatoms. The zero-order valence-corrected chi connectivity index (χ0v) is 11.9. The van der Waals surface area contributed by atoms with Gasteiger partial charge in [-0.1, -0.05) is 0 Å². The van der Waals surface area contributed by atoms with Crippen LogP contribution in [0.5, 0.6) is 11.5 Å². The number of nitrogens with zero attached hydrogens (tertiary/aromatic N) is 2. The molecule has 0 bridgehead atoms. The second-order valence-corrected chi connectivity index (χ2v) is 4.35. The molecule has 6 nitrogen and oxygen atoms in total. The molecule has 1 amide bonds. The fourth-order valence-corrected chi connectivity index (χ4v) is 1.75. The van der Waals surface area contributed by atoms with Gasteiger partial charge in [-0.2, -0.15) is 5.10 Å². The Morgan fingerprint density at radius 3 is 2.20 bits per heavy atom. The van der Waals surface area contributed by atoms with Crippen LogP contribution in [-0.4, -0.2) is 29.9 Å². The normalized spacial score (nSPS) is 10.2. The number of hydrogen-bond acceptors (Lipinski definition) is 4. The van der Waals surface area contributed by atoms with Crippen molar-refractivity contribution in [3.8, 4) is 11.5 Å². The van der Waals surface area contributed by atoms with Gasteiger partial charge in [0.15, 0.2) is 5.82 Å². The first-order valence-corrected chi connectivity index (χ1v) is 6.08. The Morgan fingerprint density at radius 2 is 1.75 bits per heavy atom. The lowest BCUT2D eigenvalue weighted by Gasteiger charge is -2.08. The summed E-state index contributed by atoms with van der Waals surface area (Å²) in [6.45, 7) is 1.91. The summed E-state index contributed by atoms with van der Waals surface area (Å²) in [4.78, 5) is 12.2. The van der Waals surface area contributed by atoms with Crippen molar-refractivity contribution in [1.82, 2.24) is 9.78 Å². The van der Waals surface area contributed by atoms with Crippen LogP contribution in [0.3, 0.4) is 0 Å². The number of carbonyl (C=O) groups excluding carboxylic acids is 1. The molecule has 0 aliphatic carbocycles. The second kappa shape index (κ2) is 5.64. The van der Waals surface area contributed by atoms with E-state index in [4.69, 9.17) is 9.47 Å². The predicted octanol–water partition coefficient (Wildman–Crippen LogP) is 2.00. The van der Waals surface area contributed by atoms with E-state index in [1.165, 1.54) is 0 Å². The number of nitrogens with one attached hydrogen (secondary N) is 1. The van der Waals surface area contributed by atoms with Crippen molar-refractivity contribution < 1.29 is 14.3 Å². The molecule has 0 unspecified atom stereocenters. The Kier molecular flexibility index (Phi) is 3.93. The molecule has 0 aliphatic heterocycles. The highest BCUT2D eigenvalue weighted by atomic mass is 16.5. The Balaban J connectivity index is 2.24. The zero-order chi connectivity index (χ0) is 14.7. The first kappa shape index (κ1) is 13.9. The molecule has 1 aromatic carbocycles. The first-order valence-electron chi connectivity index (χ1n) is 6.08. The largest absolute Gasteiger partial charge is 0.497 e. The molecule has 1 N–H and O–H groups in total. The molecule has 0 atom stereocenters. The lowest BCUT2D eigenvalue weighted by molar-refractivity contribution is 0.102. The molecule has 20 heavy (non-hydrogen) atoms. The summed E-state index contributed by atoms with van der Waals surface area (Å²) in [5, 5.41) is 6.92. The summed E-state index contributed by atoms with van der Waals surface area (Å²) in [6, 6.07) is 6.80. The Labute approximate surface area is 117 Å². The topological polar surface area (TPSA) is 65.4 Å². The van der Waals surface area contributed by atoms with Crippen LogP contribution in [0.25, 0.3) is 0 Å². The molecule has 2 rings (SSSR count). The maximum absolute atomic E-state index is 12.2. The number of aromatic nitrogens is 2. The molecule has 2 aromatic rings. The summed E-state index contributed by atoms with van der Waals surface area (Å²) in [7, 11) is 4.90. The minimum absolute atomic E-state index is 0.264. The van der Waals surface area contributed by atoms with Gasteiger partial charge in [0, 0.05) is 30.4 Å². The highest BCUT2D eigenvalue weighted by Gasteiger charge is 2.12. The van der Waals surface area contributed by atoms with Crippen LogP contribution < -0.4 is 14.8 Å². The predicted molar refractivity (Wildman–Crippen MR) is 75.4 cm³/mol. The Morgan fingerprint density at radius 1 is 1.15 bits per heavy atom. The Bertz CT molecular complexity index is 593. The van der Waals surface area contributed by atoms with E-state index in [1.807, 2.05) is 14.0 Å². The summed E-state index contributed by atoms with van der Waals surface area (Å²) >= 11 is 0. The van der Waals surface area contributed by atoms with E-state index in [9.17, 15) is 4.79 Å². The zero-order valence-electron chi connectivity index (χ0n) is 11.9. The smallest absolute Gasteiger partial charge is 0.257 e. The van der Waals surface area contributed by atoms with Crippen LogP contribution >= 0.6 is 0 Å². The molecular weight excluding hydrogens is 258 g/mol. The average Bonchev–Trinajstić information content (AvgIpc) is 2.76. The maximum atomic E-state index is 12.2. The van der Waals surface area contributed by atoms with Gasteiger partial charge in [-0.25, -0.2) is 0 Å². The van der Waals surface area contributed by atoms with E-state index in [0.29, 0.717) is 22.9 Å². The number of aryl methyl sites for hydroxylation is 2. The minimum Gasteiger partial charge on any atom is -0.497 e. The van der Waals surface area contributed by atoms with Crippen molar-refractivity contribution >= 4 is 11.7 Å².